The number of piperidine rings is 1. The van der Waals surface area contributed by atoms with E-state index in [2.05, 4.69) is 18.9 Å². The maximum Gasteiger partial charge on any atom is 0.246 e. The smallest absolute Gasteiger partial charge is 0.246 e. The third-order valence-electron chi connectivity index (χ3n) is 4.77. The van der Waals surface area contributed by atoms with Crippen molar-refractivity contribution in [1.29, 1.82) is 0 Å². The summed E-state index contributed by atoms with van der Waals surface area (Å²) < 4.78 is 21.1. The second kappa shape index (κ2) is 27.6. The van der Waals surface area contributed by atoms with Crippen molar-refractivity contribution in [3.8, 4) is 0 Å². The summed E-state index contributed by atoms with van der Waals surface area (Å²) in [5.74, 6) is 0.737. The van der Waals surface area contributed by atoms with Crippen molar-refractivity contribution in [3.05, 3.63) is 12.2 Å². The molecule has 0 aromatic carbocycles. The Morgan fingerprint density at radius 1 is 0.882 bits per heavy atom. The maximum atomic E-state index is 11.4. The van der Waals surface area contributed by atoms with Gasteiger partial charge < -0.3 is 33.5 Å². The van der Waals surface area contributed by atoms with Gasteiger partial charge >= 0.3 is 0 Å². The van der Waals surface area contributed by atoms with Crippen LogP contribution < -0.4 is 0 Å². The molecule has 34 heavy (non-hydrogen) atoms. The van der Waals surface area contributed by atoms with Crippen LogP contribution >= 0.6 is 0 Å². The summed E-state index contributed by atoms with van der Waals surface area (Å²) in [5, 5.41) is 0. The van der Waals surface area contributed by atoms with E-state index < -0.39 is 0 Å². The Morgan fingerprint density at radius 2 is 1.35 bits per heavy atom. The van der Waals surface area contributed by atoms with Crippen LogP contribution in [0.1, 0.15) is 40.0 Å². The van der Waals surface area contributed by atoms with E-state index in [9.17, 15) is 14.4 Å². The summed E-state index contributed by atoms with van der Waals surface area (Å²) in [5.41, 5.74) is 0. The average molecular weight is 489 g/mol. The van der Waals surface area contributed by atoms with Crippen LogP contribution in [0.3, 0.4) is 0 Å². The molecular weight excluding hydrogens is 440 g/mol. The van der Waals surface area contributed by atoms with E-state index in [0.717, 1.165) is 18.3 Å². The van der Waals surface area contributed by atoms with Crippen LogP contribution in [0.2, 0.25) is 0 Å². The molecule has 9 nitrogen and oxygen atoms in total. The standard InChI is InChI=1S/C16H27NO7.C7H15N.C2H6/c1-17(16(20)4-2-6-18)5-9-22-11-13-24-15-14-23-12-10-21-8-3-7-19;1-7-3-5-8(2)6-4-7;1-2/h2,4,6-7H,3,5,8-15H2,1H3;7H,3-6H2,1-2H3;1-2H3/b4-2-;;. The number of carbonyl (C=O) groups excluding carboxylic acids is 3. The number of hydrogen-bond acceptors (Lipinski definition) is 8. The summed E-state index contributed by atoms with van der Waals surface area (Å²) in [6.07, 6.45) is 6.95. The van der Waals surface area contributed by atoms with Crippen LogP contribution in [0.4, 0.5) is 0 Å². The SMILES string of the molecule is CC.CC1CCN(C)CC1.CN(CCOCCOCCOCCOCCC=O)C(=O)/C=C\C=O. The van der Waals surface area contributed by atoms with Gasteiger partial charge in [0.2, 0.25) is 5.91 Å². The summed E-state index contributed by atoms with van der Waals surface area (Å²) in [6.45, 7) is 13.0. The van der Waals surface area contributed by atoms with E-state index in [-0.39, 0.29) is 5.91 Å². The Bertz CT molecular complexity index is 486. The van der Waals surface area contributed by atoms with Crippen LogP contribution in [0.25, 0.3) is 0 Å². The number of allylic oxidation sites excluding steroid dienone is 1. The van der Waals surface area contributed by atoms with E-state index in [1.165, 1.54) is 36.9 Å². The van der Waals surface area contributed by atoms with Crippen molar-refractivity contribution >= 4 is 18.5 Å². The molecule has 1 heterocycles. The fraction of sp³-hybridized carbons (Fsp3) is 0.800. The molecule has 0 saturated carbocycles. The molecule has 0 aromatic heterocycles. The third kappa shape index (κ3) is 25.0. The molecule has 0 bridgehead atoms. The largest absolute Gasteiger partial charge is 0.379 e. The highest BCUT2D eigenvalue weighted by molar-refractivity contribution is 5.90. The third-order valence-corrected chi connectivity index (χ3v) is 4.77. The molecule has 1 rings (SSSR count). The number of hydrogen-bond donors (Lipinski definition) is 0. The van der Waals surface area contributed by atoms with E-state index >= 15 is 0 Å². The Balaban J connectivity index is 0. The highest BCUT2D eigenvalue weighted by Crippen LogP contribution is 2.13. The fourth-order valence-electron chi connectivity index (χ4n) is 2.59. The normalized spacial score (nSPS) is 14.0. The van der Waals surface area contributed by atoms with Crippen molar-refractivity contribution in [1.82, 2.24) is 9.80 Å². The first kappa shape index (κ1) is 34.5. The number of nitrogens with zero attached hydrogens (tertiary/aromatic N) is 2. The molecule has 1 fully saturated rings. The molecule has 0 unspecified atom stereocenters. The van der Waals surface area contributed by atoms with Crippen LogP contribution in [0, 0.1) is 5.92 Å². The van der Waals surface area contributed by atoms with Gasteiger partial charge in [-0.3, -0.25) is 9.59 Å². The molecule has 1 amide bonds. The number of carbonyl (C=O) groups is 3. The van der Waals surface area contributed by atoms with Gasteiger partial charge in [0.25, 0.3) is 0 Å². The molecule has 0 N–H and O–H groups in total. The first-order valence-electron chi connectivity index (χ1n) is 12.3. The first-order valence-corrected chi connectivity index (χ1v) is 12.3. The number of aldehydes is 2. The van der Waals surface area contributed by atoms with Crippen molar-refractivity contribution in [2.24, 2.45) is 5.92 Å². The van der Waals surface area contributed by atoms with Crippen LogP contribution in [0.5, 0.6) is 0 Å². The Labute approximate surface area is 206 Å². The molecule has 0 radical (unpaired) electrons. The van der Waals surface area contributed by atoms with Gasteiger partial charge in [0.15, 0.2) is 0 Å². The van der Waals surface area contributed by atoms with E-state index in [4.69, 9.17) is 18.9 Å². The van der Waals surface area contributed by atoms with Gasteiger partial charge in [-0.25, -0.2) is 0 Å². The molecule has 9 heteroatoms. The zero-order chi connectivity index (χ0) is 25.9. The van der Waals surface area contributed by atoms with Crippen molar-refractivity contribution < 1.29 is 33.3 Å². The number of rotatable bonds is 17. The molecule has 1 aliphatic heterocycles. The second-order valence-electron chi connectivity index (χ2n) is 7.65. The van der Waals surface area contributed by atoms with Crippen LogP contribution in [-0.4, -0.2) is 115 Å². The quantitative estimate of drug-likeness (QED) is 0.175. The van der Waals surface area contributed by atoms with Crippen molar-refractivity contribution in [3.63, 3.8) is 0 Å². The predicted molar refractivity (Wildman–Crippen MR) is 134 cm³/mol. The molecule has 0 spiro atoms. The van der Waals surface area contributed by atoms with Gasteiger partial charge in [0.1, 0.15) is 12.6 Å². The highest BCUT2D eigenvalue weighted by Gasteiger charge is 2.10. The Morgan fingerprint density at radius 3 is 1.79 bits per heavy atom. The topological polar surface area (TPSA) is 94.6 Å². The van der Waals surface area contributed by atoms with Gasteiger partial charge in [0.05, 0.1) is 52.9 Å². The molecule has 0 atom stereocenters. The Hall–Kier alpha value is -1.65. The lowest BCUT2D eigenvalue weighted by atomic mass is 10.00. The fourth-order valence-corrected chi connectivity index (χ4v) is 2.59. The van der Waals surface area contributed by atoms with E-state index in [1.54, 1.807) is 7.05 Å². The minimum Gasteiger partial charge on any atom is -0.379 e. The zero-order valence-corrected chi connectivity index (χ0v) is 22.0. The highest BCUT2D eigenvalue weighted by atomic mass is 16.6. The lowest BCUT2D eigenvalue weighted by Crippen LogP contribution is -2.29. The van der Waals surface area contributed by atoms with Crippen molar-refractivity contribution in [2.45, 2.75) is 40.0 Å². The summed E-state index contributed by atoms with van der Waals surface area (Å²) in [4.78, 5) is 35.4. The summed E-state index contributed by atoms with van der Waals surface area (Å²) >= 11 is 0. The van der Waals surface area contributed by atoms with Crippen LogP contribution in [-0.2, 0) is 33.3 Å². The molecule has 0 aliphatic carbocycles. The minimum atomic E-state index is -0.241. The lowest BCUT2D eigenvalue weighted by Gasteiger charge is -2.26. The Kier molecular flexibility index (Phi) is 28.0. The summed E-state index contributed by atoms with van der Waals surface area (Å²) in [7, 11) is 3.84. The molecule has 0 aromatic rings. The van der Waals surface area contributed by atoms with Gasteiger partial charge in [-0.2, -0.15) is 0 Å². The first-order chi connectivity index (χ1) is 16.5. The number of ether oxygens (including phenoxy) is 4. The monoisotopic (exact) mass is 488 g/mol. The molecule has 200 valence electrons. The van der Waals surface area contributed by atoms with Gasteiger partial charge in [-0.15, -0.1) is 0 Å². The van der Waals surface area contributed by atoms with Gasteiger partial charge in [0, 0.05) is 26.1 Å². The number of likely N-dealkylation sites (tertiary alicyclic amines) is 1. The van der Waals surface area contributed by atoms with E-state index in [0.29, 0.717) is 72.1 Å². The number of amides is 1. The minimum absolute atomic E-state index is 0.241. The van der Waals surface area contributed by atoms with E-state index in [1.807, 2.05) is 13.8 Å². The lowest BCUT2D eigenvalue weighted by molar-refractivity contribution is -0.125. The average Bonchev–Trinajstić information content (AvgIpc) is 2.86. The maximum absolute atomic E-state index is 11.4. The van der Waals surface area contributed by atoms with Crippen LogP contribution in [0.15, 0.2) is 12.2 Å². The summed E-state index contributed by atoms with van der Waals surface area (Å²) in [6, 6.07) is 0. The zero-order valence-electron chi connectivity index (χ0n) is 22.0. The van der Waals surface area contributed by atoms with Gasteiger partial charge in [-0.05, 0) is 45.0 Å². The molecule has 1 saturated heterocycles. The number of likely N-dealkylation sites (N-methyl/N-ethyl adjacent to an activating group) is 1. The second-order valence-corrected chi connectivity index (χ2v) is 7.65. The van der Waals surface area contributed by atoms with Crippen molar-refractivity contribution in [2.75, 3.05) is 86.6 Å². The van der Waals surface area contributed by atoms with Gasteiger partial charge in [-0.1, -0.05) is 20.8 Å². The predicted octanol–water partition coefficient (Wildman–Crippen LogP) is 2.23. The molecule has 1 aliphatic rings. The molecular formula is C25H48N2O7.